The predicted molar refractivity (Wildman–Crippen MR) is 116 cm³/mol. The summed E-state index contributed by atoms with van der Waals surface area (Å²) in [5.74, 6) is -0.988. The minimum atomic E-state index is -1.59. The number of ether oxygens (including phenoxy) is 4. The van der Waals surface area contributed by atoms with Crippen molar-refractivity contribution in [2.45, 2.75) is 84.3 Å². The Morgan fingerprint density at radius 1 is 1.16 bits per heavy atom. The van der Waals surface area contributed by atoms with Crippen molar-refractivity contribution in [2.24, 2.45) is 0 Å². The van der Waals surface area contributed by atoms with E-state index in [1.165, 1.54) is 27.0 Å². The van der Waals surface area contributed by atoms with Gasteiger partial charge in [-0.15, -0.1) is 0 Å². The normalized spacial score (nSPS) is 25.1. The van der Waals surface area contributed by atoms with Gasteiger partial charge in [0.05, 0.1) is 6.61 Å². The van der Waals surface area contributed by atoms with Gasteiger partial charge in [-0.2, -0.15) is 0 Å². The zero-order chi connectivity index (χ0) is 23.9. The van der Waals surface area contributed by atoms with Gasteiger partial charge in [-0.25, -0.2) is 4.79 Å². The number of aromatic amines is 1. The molecule has 180 valence electrons. The first-order chi connectivity index (χ1) is 15.2. The first-order valence-corrected chi connectivity index (χ1v) is 11.0. The average molecular weight is 455 g/mol. The van der Waals surface area contributed by atoms with Gasteiger partial charge in [-0.05, 0) is 26.7 Å². The number of rotatable bonds is 12. The van der Waals surface area contributed by atoms with Crippen LogP contribution in [0.2, 0.25) is 0 Å². The van der Waals surface area contributed by atoms with Crippen molar-refractivity contribution in [1.82, 2.24) is 9.55 Å². The largest absolute Gasteiger partial charge is 0.455 e. The molecule has 1 fully saturated rings. The lowest BCUT2D eigenvalue weighted by molar-refractivity contribution is -0.172. The lowest BCUT2D eigenvalue weighted by atomic mass is 9.91. The number of esters is 1. The minimum absolute atomic E-state index is 0.121. The van der Waals surface area contributed by atoms with E-state index in [0.29, 0.717) is 13.2 Å². The Morgan fingerprint density at radius 3 is 2.41 bits per heavy atom. The second-order valence-corrected chi connectivity index (χ2v) is 8.06. The quantitative estimate of drug-likeness (QED) is 0.373. The third-order valence-electron chi connectivity index (χ3n) is 5.44. The molecular formula is C22H34N2O8. The van der Waals surface area contributed by atoms with Crippen LogP contribution in [-0.4, -0.2) is 58.9 Å². The zero-order valence-corrected chi connectivity index (χ0v) is 19.5. The van der Waals surface area contributed by atoms with E-state index in [9.17, 15) is 19.2 Å². The topological polar surface area (TPSA) is 126 Å². The number of aryl methyl sites for hydroxylation is 1. The number of H-pyrrole nitrogens is 1. The van der Waals surface area contributed by atoms with Gasteiger partial charge >= 0.3 is 11.7 Å². The molecule has 32 heavy (non-hydrogen) atoms. The van der Waals surface area contributed by atoms with E-state index in [0.717, 1.165) is 30.3 Å². The molecular weight excluding hydrogens is 420 g/mol. The summed E-state index contributed by atoms with van der Waals surface area (Å²) in [5.41, 5.74) is -2.61. The van der Waals surface area contributed by atoms with E-state index in [1.807, 2.05) is 13.8 Å². The van der Waals surface area contributed by atoms with Crippen LogP contribution in [0.1, 0.15) is 65.2 Å². The van der Waals surface area contributed by atoms with Gasteiger partial charge in [-0.3, -0.25) is 23.9 Å². The summed E-state index contributed by atoms with van der Waals surface area (Å²) in [6.07, 6.45) is 1.31. The summed E-state index contributed by atoms with van der Waals surface area (Å²) in [6.45, 7) is 8.73. The molecule has 0 aliphatic carbocycles. The van der Waals surface area contributed by atoms with Crippen molar-refractivity contribution >= 4 is 11.8 Å². The summed E-state index contributed by atoms with van der Waals surface area (Å²) < 4.78 is 24.6. The van der Waals surface area contributed by atoms with Gasteiger partial charge in [0, 0.05) is 31.9 Å². The van der Waals surface area contributed by atoms with Crippen molar-refractivity contribution < 1.29 is 28.5 Å². The van der Waals surface area contributed by atoms with Gasteiger partial charge in [0.2, 0.25) is 0 Å². The maximum absolute atomic E-state index is 12.9. The van der Waals surface area contributed by atoms with Gasteiger partial charge in [0.1, 0.15) is 6.10 Å². The van der Waals surface area contributed by atoms with Crippen LogP contribution in [-0.2, 0) is 28.5 Å². The number of nitrogens with zero attached hydrogens (tertiary/aromatic N) is 1. The van der Waals surface area contributed by atoms with Crippen LogP contribution < -0.4 is 11.2 Å². The first-order valence-electron chi connectivity index (χ1n) is 11.0. The van der Waals surface area contributed by atoms with Crippen LogP contribution >= 0.6 is 0 Å². The van der Waals surface area contributed by atoms with Crippen LogP contribution in [0.5, 0.6) is 0 Å². The van der Waals surface area contributed by atoms with E-state index >= 15 is 0 Å². The molecule has 1 aliphatic heterocycles. The molecule has 1 aromatic heterocycles. The number of Topliss-reactive ketones (excluding diaryl/α,β-unsaturated/α-hetero) is 1. The van der Waals surface area contributed by atoms with Gasteiger partial charge in [0.25, 0.3) is 5.56 Å². The fourth-order valence-corrected chi connectivity index (χ4v) is 3.62. The Balaban J connectivity index is 2.56. The molecule has 0 aromatic carbocycles. The third-order valence-corrected chi connectivity index (χ3v) is 5.44. The van der Waals surface area contributed by atoms with Crippen molar-refractivity contribution in [3.05, 3.63) is 32.6 Å². The van der Waals surface area contributed by atoms with Crippen molar-refractivity contribution in [1.29, 1.82) is 0 Å². The smallest absolute Gasteiger partial charge is 0.330 e. The molecule has 2 rings (SSSR count). The third kappa shape index (κ3) is 5.73. The summed E-state index contributed by atoms with van der Waals surface area (Å²) in [7, 11) is 0. The number of nitrogens with one attached hydrogen (secondary N) is 1. The lowest BCUT2D eigenvalue weighted by Crippen LogP contribution is -2.54. The monoisotopic (exact) mass is 454 g/mol. The van der Waals surface area contributed by atoms with Crippen LogP contribution in [0.4, 0.5) is 0 Å². The van der Waals surface area contributed by atoms with E-state index in [1.54, 1.807) is 0 Å². The molecule has 0 bridgehead atoms. The highest BCUT2D eigenvalue weighted by molar-refractivity contribution is 5.86. The molecule has 2 heterocycles. The Kier molecular flexibility index (Phi) is 9.35. The summed E-state index contributed by atoms with van der Waals surface area (Å²) >= 11 is 0. The molecule has 1 N–H and O–H groups in total. The Labute approximate surface area is 187 Å². The number of ketones is 1. The van der Waals surface area contributed by atoms with Gasteiger partial charge in [-0.1, -0.05) is 26.7 Å². The number of aromatic nitrogens is 2. The van der Waals surface area contributed by atoms with Crippen molar-refractivity contribution in [3.8, 4) is 0 Å². The lowest BCUT2D eigenvalue weighted by Gasteiger charge is -2.32. The zero-order valence-electron chi connectivity index (χ0n) is 19.5. The van der Waals surface area contributed by atoms with Crippen LogP contribution in [0.25, 0.3) is 0 Å². The molecule has 0 spiro atoms. The number of carbonyl (C=O) groups excluding carboxylic acids is 2. The molecule has 4 atom stereocenters. The second kappa shape index (κ2) is 11.5. The molecule has 0 saturated carbocycles. The van der Waals surface area contributed by atoms with E-state index in [-0.39, 0.29) is 18.0 Å². The summed E-state index contributed by atoms with van der Waals surface area (Å²) in [4.78, 5) is 51.5. The molecule has 10 heteroatoms. The molecule has 1 unspecified atom stereocenters. The highest BCUT2D eigenvalue weighted by atomic mass is 16.7. The average Bonchev–Trinajstić information content (AvgIpc) is 3.02. The highest BCUT2D eigenvalue weighted by Gasteiger charge is 2.61. The Morgan fingerprint density at radius 2 is 1.81 bits per heavy atom. The molecule has 1 aliphatic rings. The van der Waals surface area contributed by atoms with Crippen molar-refractivity contribution in [2.75, 3.05) is 19.8 Å². The van der Waals surface area contributed by atoms with Gasteiger partial charge in [0.15, 0.2) is 23.7 Å². The van der Waals surface area contributed by atoms with Crippen LogP contribution in [0.3, 0.4) is 0 Å². The summed E-state index contributed by atoms with van der Waals surface area (Å²) in [6, 6.07) is 0. The second-order valence-electron chi connectivity index (χ2n) is 8.06. The van der Waals surface area contributed by atoms with E-state index in [4.69, 9.17) is 18.9 Å². The number of unbranched alkanes of at least 4 members (excludes halogenated alkanes) is 2. The standard InChI is InChI=1S/C22H34N2O8/c1-6-8-10-29-13-22(15(4)25)18(30-11-9-7-2)17(31-16(5)26)20(32-22)24-12-14(3)19(27)23-21(24)28/h12,17-18,20H,6-11,13H2,1-5H3,(H,23,27,28)/t17-,18?,20+,22-/m0/s1. The maximum Gasteiger partial charge on any atom is 0.330 e. The fourth-order valence-electron chi connectivity index (χ4n) is 3.62. The van der Waals surface area contributed by atoms with E-state index < -0.39 is 41.3 Å². The van der Waals surface area contributed by atoms with Crippen molar-refractivity contribution in [3.63, 3.8) is 0 Å². The summed E-state index contributed by atoms with van der Waals surface area (Å²) in [5, 5.41) is 0. The molecule has 0 radical (unpaired) electrons. The first kappa shape index (κ1) is 26.0. The molecule has 10 nitrogen and oxygen atoms in total. The Bertz CT molecular complexity index is 908. The Hall–Kier alpha value is -2.30. The maximum atomic E-state index is 12.9. The van der Waals surface area contributed by atoms with E-state index in [2.05, 4.69) is 4.98 Å². The molecule has 1 saturated heterocycles. The molecule has 1 aromatic rings. The van der Waals surface area contributed by atoms with Gasteiger partial charge < -0.3 is 18.9 Å². The van der Waals surface area contributed by atoms with Crippen LogP contribution in [0, 0.1) is 6.92 Å². The fraction of sp³-hybridized carbons (Fsp3) is 0.727. The number of hydrogen-bond acceptors (Lipinski definition) is 8. The van der Waals surface area contributed by atoms with Crippen LogP contribution in [0.15, 0.2) is 15.8 Å². The molecule has 0 amide bonds. The minimum Gasteiger partial charge on any atom is -0.455 e. The predicted octanol–water partition coefficient (Wildman–Crippen LogP) is 1.64. The number of carbonyl (C=O) groups is 2. The highest BCUT2D eigenvalue weighted by Crippen LogP contribution is 2.41. The SMILES string of the molecule is CCCCOC[C@@]1(C(C)=O)O[C@@H](n2cc(C)c(=O)[nH]c2=O)[C@@H](OC(C)=O)C1OCCCC. The number of hydrogen-bond donors (Lipinski definition) is 1.